The standard InChI is InChI=1S/C17H20BrN/c1-2-17(15-8-10-16(18)11-9-15)19-13-12-14-6-4-3-5-7-14/h3-11,17,19H,2,12-13H2,1H3. The molecule has 0 saturated heterocycles. The van der Waals surface area contributed by atoms with E-state index in [4.69, 9.17) is 0 Å². The summed E-state index contributed by atoms with van der Waals surface area (Å²) in [5, 5.41) is 3.64. The summed E-state index contributed by atoms with van der Waals surface area (Å²) < 4.78 is 1.13. The zero-order valence-electron chi connectivity index (χ0n) is 11.3. The normalized spacial score (nSPS) is 12.3. The monoisotopic (exact) mass is 317 g/mol. The predicted molar refractivity (Wildman–Crippen MR) is 85.3 cm³/mol. The molecule has 0 saturated carbocycles. The van der Waals surface area contributed by atoms with Gasteiger partial charge in [-0.1, -0.05) is 65.3 Å². The average Bonchev–Trinajstić information content (AvgIpc) is 2.46. The first-order valence-corrected chi connectivity index (χ1v) is 7.61. The number of hydrogen-bond acceptors (Lipinski definition) is 1. The molecule has 19 heavy (non-hydrogen) atoms. The first kappa shape index (κ1) is 14.3. The van der Waals surface area contributed by atoms with Crippen molar-refractivity contribution in [3.05, 3.63) is 70.2 Å². The van der Waals surface area contributed by atoms with Gasteiger partial charge in [0.25, 0.3) is 0 Å². The number of rotatable bonds is 6. The second-order valence-electron chi connectivity index (χ2n) is 4.70. The molecule has 0 aliphatic carbocycles. The van der Waals surface area contributed by atoms with Gasteiger partial charge < -0.3 is 5.32 Å². The molecule has 0 amide bonds. The highest BCUT2D eigenvalue weighted by molar-refractivity contribution is 9.10. The maximum atomic E-state index is 3.64. The van der Waals surface area contributed by atoms with E-state index in [9.17, 15) is 0 Å². The topological polar surface area (TPSA) is 12.0 Å². The van der Waals surface area contributed by atoms with Crippen LogP contribution >= 0.6 is 15.9 Å². The Morgan fingerprint density at radius 2 is 1.68 bits per heavy atom. The Bertz CT molecular complexity index is 478. The highest BCUT2D eigenvalue weighted by atomic mass is 79.9. The first-order chi connectivity index (χ1) is 9.29. The molecule has 2 aromatic carbocycles. The highest BCUT2D eigenvalue weighted by Crippen LogP contribution is 2.19. The van der Waals surface area contributed by atoms with E-state index in [1.54, 1.807) is 0 Å². The number of benzene rings is 2. The minimum atomic E-state index is 0.441. The molecular weight excluding hydrogens is 298 g/mol. The quantitative estimate of drug-likeness (QED) is 0.812. The minimum absolute atomic E-state index is 0.441. The number of nitrogens with one attached hydrogen (secondary N) is 1. The predicted octanol–water partition coefficient (Wildman–Crippen LogP) is 4.73. The van der Waals surface area contributed by atoms with E-state index < -0.39 is 0 Å². The lowest BCUT2D eigenvalue weighted by Gasteiger charge is -2.17. The summed E-state index contributed by atoms with van der Waals surface area (Å²) in [7, 11) is 0. The van der Waals surface area contributed by atoms with Crippen LogP contribution < -0.4 is 5.32 Å². The molecule has 1 nitrogen and oxygen atoms in total. The van der Waals surface area contributed by atoms with Gasteiger partial charge >= 0.3 is 0 Å². The molecule has 2 heteroatoms. The molecule has 0 fully saturated rings. The van der Waals surface area contributed by atoms with Crippen LogP contribution in [0, 0.1) is 0 Å². The Morgan fingerprint density at radius 3 is 2.32 bits per heavy atom. The first-order valence-electron chi connectivity index (χ1n) is 6.82. The lowest BCUT2D eigenvalue weighted by Crippen LogP contribution is -2.23. The van der Waals surface area contributed by atoms with Crippen molar-refractivity contribution in [3.63, 3.8) is 0 Å². The van der Waals surface area contributed by atoms with Crippen LogP contribution in [0.25, 0.3) is 0 Å². The van der Waals surface area contributed by atoms with Crippen molar-refractivity contribution in [1.82, 2.24) is 5.32 Å². The smallest absolute Gasteiger partial charge is 0.0317 e. The summed E-state index contributed by atoms with van der Waals surface area (Å²) >= 11 is 3.48. The molecule has 0 bridgehead atoms. The molecule has 100 valence electrons. The third-order valence-corrected chi connectivity index (χ3v) is 3.86. The minimum Gasteiger partial charge on any atom is -0.310 e. The van der Waals surface area contributed by atoms with Gasteiger partial charge in [0.1, 0.15) is 0 Å². The van der Waals surface area contributed by atoms with Crippen molar-refractivity contribution < 1.29 is 0 Å². The number of halogens is 1. The molecule has 0 aliphatic heterocycles. The van der Waals surface area contributed by atoms with Gasteiger partial charge in [0.15, 0.2) is 0 Å². The highest BCUT2D eigenvalue weighted by Gasteiger charge is 2.07. The summed E-state index contributed by atoms with van der Waals surface area (Å²) in [5.41, 5.74) is 2.75. The van der Waals surface area contributed by atoms with E-state index in [0.29, 0.717) is 6.04 Å². The molecule has 1 atom stereocenters. The van der Waals surface area contributed by atoms with Gasteiger partial charge in [-0.05, 0) is 42.6 Å². The second kappa shape index (κ2) is 7.46. The SMILES string of the molecule is CCC(NCCc1ccccc1)c1ccc(Br)cc1. The van der Waals surface area contributed by atoms with Crippen LogP contribution in [-0.4, -0.2) is 6.54 Å². The van der Waals surface area contributed by atoms with E-state index in [-0.39, 0.29) is 0 Å². The third-order valence-electron chi connectivity index (χ3n) is 3.33. The summed E-state index contributed by atoms with van der Waals surface area (Å²) in [6, 6.07) is 19.7. The largest absolute Gasteiger partial charge is 0.310 e. The van der Waals surface area contributed by atoms with Gasteiger partial charge in [-0.2, -0.15) is 0 Å². The van der Waals surface area contributed by atoms with Crippen molar-refractivity contribution >= 4 is 15.9 Å². The maximum absolute atomic E-state index is 3.64. The van der Waals surface area contributed by atoms with E-state index >= 15 is 0 Å². The van der Waals surface area contributed by atoms with Crippen molar-refractivity contribution in [1.29, 1.82) is 0 Å². The summed E-state index contributed by atoms with van der Waals surface area (Å²) in [5.74, 6) is 0. The Kier molecular flexibility index (Phi) is 5.62. The van der Waals surface area contributed by atoms with Crippen LogP contribution in [0.2, 0.25) is 0 Å². The van der Waals surface area contributed by atoms with Gasteiger partial charge in [0, 0.05) is 10.5 Å². The van der Waals surface area contributed by atoms with E-state index in [1.165, 1.54) is 11.1 Å². The van der Waals surface area contributed by atoms with Crippen molar-refractivity contribution in [2.75, 3.05) is 6.54 Å². The van der Waals surface area contributed by atoms with E-state index in [1.807, 2.05) is 0 Å². The lowest BCUT2D eigenvalue weighted by molar-refractivity contribution is 0.522. The van der Waals surface area contributed by atoms with Gasteiger partial charge in [0.2, 0.25) is 0 Å². The Balaban J connectivity index is 1.87. The zero-order chi connectivity index (χ0) is 13.5. The molecule has 0 heterocycles. The van der Waals surface area contributed by atoms with Gasteiger partial charge in [-0.25, -0.2) is 0 Å². The maximum Gasteiger partial charge on any atom is 0.0317 e. The van der Waals surface area contributed by atoms with Crippen LogP contribution in [0.5, 0.6) is 0 Å². The second-order valence-corrected chi connectivity index (χ2v) is 5.62. The summed E-state index contributed by atoms with van der Waals surface area (Å²) in [6.45, 7) is 3.24. The van der Waals surface area contributed by atoms with Gasteiger partial charge in [0.05, 0.1) is 0 Å². The molecule has 0 aromatic heterocycles. The fraction of sp³-hybridized carbons (Fsp3) is 0.294. The summed E-state index contributed by atoms with van der Waals surface area (Å²) in [6.07, 6.45) is 2.18. The lowest BCUT2D eigenvalue weighted by atomic mass is 10.0. The van der Waals surface area contributed by atoms with Crippen LogP contribution in [-0.2, 0) is 6.42 Å². The fourth-order valence-corrected chi connectivity index (χ4v) is 2.49. The molecule has 2 aromatic rings. The summed E-state index contributed by atoms with van der Waals surface area (Å²) in [4.78, 5) is 0. The zero-order valence-corrected chi connectivity index (χ0v) is 12.9. The molecule has 0 aliphatic rings. The average molecular weight is 318 g/mol. The van der Waals surface area contributed by atoms with Crippen molar-refractivity contribution in [3.8, 4) is 0 Å². The Labute approximate surface area is 124 Å². The molecule has 0 radical (unpaired) electrons. The van der Waals surface area contributed by atoms with Crippen LogP contribution in [0.1, 0.15) is 30.5 Å². The third kappa shape index (κ3) is 4.48. The van der Waals surface area contributed by atoms with Gasteiger partial charge in [-0.3, -0.25) is 0 Å². The van der Waals surface area contributed by atoms with Crippen LogP contribution in [0.15, 0.2) is 59.1 Å². The van der Waals surface area contributed by atoms with Crippen LogP contribution in [0.4, 0.5) is 0 Å². The molecule has 1 N–H and O–H groups in total. The fourth-order valence-electron chi connectivity index (χ4n) is 2.23. The molecule has 0 spiro atoms. The Hall–Kier alpha value is -1.12. The Morgan fingerprint density at radius 1 is 1.00 bits per heavy atom. The van der Waals surface area contributed by atoms with Crippen LogP contribution in [0.3, 0.4) is 0 Å². The van der Waals surface area contributed by atoms with Gasteiger partial charge in [-0.15, -0.1) is 0 Å². The van der Waals surface area contributed by atoms with Crippen molar-refractivity contribution in [2.45, 2.75) is 25.8 Å². The van der Waals surface area contributed by atoms with E-state index in [0.717, 1.165) is 23.9 Å². The molecular formula is C17H20BrN. The molecule has 2 rings (SSSR count). The van der Waals surface area contributed by atoms with E-state index in [2.05, 4.69) is 82.8 Å². The van der Waals surface area contributed by atoms with Crippen molar-refractivity contribution in [2.24, 2.45) is 0 Å². The number of hydrogen-bond donors (Lipinski definition) is 1. The molecule has 1 unspecified atom stereocenters.